The van der Waals surface area contributed by atoms with Gasteiger partial charge in [-0.25, -0.2) is 0 Å². The van der Waals surface area contributed by atoms with E-state index in [-0.39, 0.29) is 12.2 Å². The molecule has 0 saturated carbocycles. The Morgan fingerprint density at radius 2 is 2.00 bits per heavy atom. The molecule has 2 atom stereocenters. The molecule has 1 rings (SSSR count). The molecule has 0 radical (unpaired) electrons. The normalized spacial score (nSPS) is 27.6. The van der Waals surface area contributed by atoms with Crippen LogP contribution >= 0.6 is 0 Å². The summed E-state index contributed by atoms with van der Waals surface area (Å²) in [6.45, 7) is 0. The van der Waals surface area contributed by atoms with Gasteiger partial charge >= 0.3 is 0 Å². The fourth-order valence-electron chi connectivity index (χ4n) is 1.79. The molecule has 0 aromatic heterocycles. The van der Waals surface area contributed by atoms with Crippen molar-refractivity contribution >= 4 is 6.29 Å². The standard InChI is InChI=1S/C10H16O4/c1-12-8-5-4-7(6-11)9(13-2)10(8)14-3/h6,8,10H,4-5H2,1-3H3. The van der Waals surface area contributed by atoms with Crippen LogP contribution in [-0.4, -0.2) is 39.8 Å². The van der Waals surface area contributed by atoms with Gasteiger partial charge in [-0.05, 0) is 12.8 Å². The molecule has 0 heterocycles. The molecule has 2 unspecified atom stereocenters. The third kappa shape index (κ3) is 1.96. The monoisotopic (exact) mass is 200 g/mol. The molecule has 0 aromatic carbocycles. The molecule has 0 amide bonds. The van der Waals surface area contributed by atoms with E-state index in [1.807, 2.05) is 0 Å². The lowest BCUT2D eigenvalue weighted by molar-refractivity contribution is -0.106. The maximum Gasteiger partial charge on any atom is 0.149 e. The minimum absolute atomic E-state index is 0.0290. The van der Waals surface area contributed by atoms with Gasteiger partial charge in [0.2, 0.25) is 0 Å². The van der Waals surface area contributed by atoms with Crippen LogP contribution < -0.4 is 0 Å². The lowest BCUT2D eigenvalue weighted by Crippen LogP contribution is -2.36. The lowest BCUT2D eigenvalue weighted by Gasteiger charge is -2.31. The lowest BCUT2D eigenvalue weighted by atomic mass is 9.93. The van der Waals surface area contributed by atoms with E-state index in [1.165, 1.54) is 0 Å². The largest absolute Gasteiger partial charge is 0.498 e. The Morgan fingerprint density at radius 3 is 2.43 bits per heavy atom. The highest BCUT2D eigenvalue weighted by Crippen LogP contribution is 2.28. The van der Waals surface area contributed by atoms with E-state index in [4.69, 9.17) is 14.2 Å². The zero-order valence-electron chi connectivity index (χ0n) is 8.78. The van der Waals surface area contributed by atoms with Crippen molar-refractivity contribution in [3.63, 3.8) is 0 Å². The van der Waals surface area contributed by atoms with Crippen molar-refractivity contribution in [2.45, 2.75) is 25.0 Å². The Labute approximate surface area is 83.8 Å². The van der Waals surface area contributed by atoms with E-state index in [0.29, 0.717) is 17.8 Å². The molecule has 0 fully saturated rings. The van der Waals surface area contributed by atoms with Crippen LogP contribution in [0, 0.1) is 0 Å². The van der Waals surface area contributed by atoms with Gasteiger partial charge in [-0.3, -0.25) is 4.79 Å². The molecule has 14 heavy (non-hydrogen) atoms. The predicted octanol–water partition coefficient (Wildman–Crippen LogP) is 0.910. The van der Waals surface area contributed by atoms with Crippen molar-refractivity contribution in [1.29, 1.82) is 0 Å². The molecule has 0 aromatic rings. The first-order chi connectivity index (χ1) is 6.78. The third-order valence-corrected chi connectivity index (χ3v) is 2.53. The molecule has 1 aliphatic rings. The highest BCUT2D eigenvalue weighted by molar-refractivity contribution is 5.74. The van der Waals surface area contributed by atoms with Crippen LogP contribution in [0.3, 0.4) is 0 Å². The van der Waals surface area contributed by atoms with Crippen LogP contribution in [0.25, 0.3) is 0 Å². The number of hydrogen-bond donors (Lipinski definition) is 0. The molecule has 80 valence electrons. The van der Waals surface area contributed by atoms with E-state index in [1.54, 1.807) is 21.3 Å². The van der Waals surface area contributed by atoms with E-state index >= 15 is 0 Å². The highest BCUT2D eigenvalue weighted by atomic mass is 16.6. The maximum absolute atomic E-state index is 10.8. The fraction of sp³-hybridized carbons (Fsp3) is 0.700. The average Bonchev–Trinajstić information content (AvgIpc) is 2.26. The quantitative estimate of drug-likeness (QED) is 0.633. The molecular weight excluding hydrogens is 184 g/mol. The zero-order valence-corrected chi connectivity index (χ0v) is 8.78. The molecule has 0 bridgehead atoms. The van der Waals surface area contributed by atoms with E-state index in [0.717, 1.165) is 12.7 Å². The van der Waals surface area contributed by atoms with Crippen molar-refractivity contribution in [3.8, 4) is 0 Å². The van der Waals surface area contributed by atoms with E-state index in [9.17, 15) is 4.79 Å². The molecule has 0 spiro atoms. The number of allylic oxidation sites excluding steroid dienone is 1. The van der Waals surface area contributed by atoms with Crippen LogP contribution in [0.15, 0.2) is 11.3 Å². The summed E-state index contributed by atoms with van der Waals surface area (Å²) in [7, 11) is 4.77. The second-order valence-corrected chi connectivity index (χ2v) is 3.18. The van der Waals surface area contributed by atoms with Gasteiger partial charge in [-0.15, -0.1) is 0 Å². The van der Waals surface area contributed by atoms with Gasteiger partial charge in [0.15, 0.2) is 0 Å². The van der Waals surface area contributed by atoms with E-state index in [2.05, 4.69) is 0 Å². The number of aldehydes is 1. The summed E-state index contributed by atoms with van der Waals surface area (Å²) in [5.74, 6) is 0.598. The molecule has 0 N–H and O–H groups in total. The van der Waals surface area contributed by atoms with Crippen LogP contribution in [0.4, 0.5) is 0 Å². The van der Waals surface area contributed by atoms with Gasteiger partial charge < -0.3 is 14.2 Å². The highest BCUT2D eigenvalue weighted by Gasteiger charge is 2.32. The Bertz CT molecular complexity index is 234. The summed E-state index contributed by atoms with van der Waals surface area (Å²) >= 11 is 0. The van der Waals surface area contributed by atoms with Crippen molar-refractivity contribution in [2.75, 3.05) is 21.3 Å². The summed E-state index contributed by atoms with van der Waals surface area (Å²) in [5, 5.41) is 0. The van der Waals surface area contributed by atoms with Gasteiger partial charge in [0.25, 0.3) is 0 Å². The number of methoxy groups -OCH3 is 3. The molecule has 4 nitrogen and oxygen atoms in total. The van der Waals surface area contributed by atoms with Gasteiger partial charge in [-0.1, -0.05) is 0 Å². The first-order valence-corrected chi connectivity index (χ1v) is 4.56. The van der Waals surface area contributed by atoms with Crippen molar-refractivity contribution in [3.05, 3.63) is 11.3 Å². The van der Waals surface area contributed by atoms with Gasteiger partial charge in [0, 0.05) is 19.8 Å². The van der Waals surface area contributed by atoms with Gasteiger partial charge in [-0.2, -0.15) is 0 Å². The Balaban J connectivity index is 2.94. The van der Waals surface area contributed by atoms with Crippen LogP contribution in [0.1, 0.15) is 12.8 Å². The summed E-state index contributed by atoms with van der Waals surface area (Å²) < 4.78 is 15.7. The first-order valence-electron chi connectivity index (χ1n) is 4.56. The fourth-order valence-corrected chi connectivity index (χ4v) is 1.79. The smallest absolute Gasteiger partial charge is 0.149 e. The summed E-state index contributed by atoms with van der Waals surface area (Å²) in [6, 6.07) is 0. The minimum atomic E-state index is -0.265. The Kier molecular flexibility index (Phi) is 4.10. The summed E-state index contributed by atoms with van der Waals surface area (Å²) in [4.78, 5) is 10.8. The average molecular weight is 200 g/mol. The summed E-state index contributed by atoms with van der Waals surface area (Å²) in [5.41, 5.74) is 0.674. The second-order valence-electron chi connectivity index (χ2n) is 3.18. The van der Waals surface area contributed by atoms with Gasteiger partial charge in [0.1, 0.15) is 18.1 Å². The van der Waals surface area contributed by atoms with Crippen molar-refractivity contribution in [1.82, 2.24) is 0 Å². The number of carbonyl (C=O) groups excluding carboxylic acids is 1. The zero-order chi connectivity index (χ0) is 10.6. The number of rotatable bonds is 4. The summed E-state index contributed by atoms with van der Waals surface area (Å²) in [6.07, 6.45) is 2.01. The van der Waals surface area contributed by atoms with Crippen molar-refractivity contribution < 1.29 is 19.0 Å². The van der Waals surface area contributed by atoms with Crippen LogP contribution in [0.5, 0.6) is 0 Å². The second kappa shape index (κ2) is 5.12. The molecule has 1 aliphatic carbocycles. The minimum Gasteiger partial charge on any atom is -0.498 e. The van der Waals surface area contributed by atoms with Crippen LogP contribution in [0.2, 0.25) is 0 Å². The van der Waals surface area contributed by atoms with Gasteiger partial charge in [0.05, 0.1) is 13.2 Å². The number of hydrogen-bond acceptors (Lipinski definition) is 4. The van der Waals surface area contributed by atoms with Crippen LogP contribution in [-0.2, 0) is 19.0 Å². The Morgan fingerprint density at radius 1 is 1.29 bits per heavy atom. The number of ether oxygens (including phenoxy) is 3. The molecular formula is C10H16O4. The molecule has 0 aliphatic heterocycles. The Hall–Kier alpha value is -0.870. The van der Waals surface area contributed by atoms with E-state index < -0.39 is 0 Å². The third-order valence-electron chi connectivity index (χ3n) is 2.53. The maximum atomic E-state index is 10.8. The number of carbonyl (C=O) groups is 1. The predicted molar refractivity (Wildman–Crippen MR) is 50.9 cm³/mol. The molecule has 4 heteroatoms. The topological polar surface area (TPSA) is 44.8 Å². The van der Waals surface area contributed by atoms with Crippen molar-refractivity contribution in [2.24, 2.45) is 0 Å². The first kappa shape index (κ1) is 11.2. The molecule has 0 saturated heterocycles. The SMILES string of the molecule is COC1=C(C=O)CCC(OC)C1OC.